The van der Waals surface area contributed by atoms with Crippen molar-refractivity contribution < 1.29 is 9.47 Å². The van der Waals surface area contributed by atoms with Gasteiger partial charge in [-0.05, 0) is 71.6 Å². The zero-order valence-electron chi connectivity index (χ0n) is 18.0. The monoisotopic (exact) mass is 549 g/mol. The lowest BCUT2D eigenvalue weighted by molar-refractivity contribution is 0.206. The Hall–Kier alpha value is -2.19. The Balaban J connectivity index is 2.06. The minimum atomic E-state index is -0.200. The van der Waals surface area contributed by atoms with Gasteiger partial charge in [-0.25, -0.2) is 4.98 Å². The number of rotatable bonds is 8. The van der Waals surface area contributed by atoms with E-state index in [2.05, 4.69) is 48.9 Å². The van der Waals surface area contributed by atoms with Crippen molar-refractivity contribution in [2.24, 2.45) is 5.10 Å². The number of ether oxygens (including phenoxy) is 2. The van der Waals surface area contributed by atoms with Gasteiger partial charge in [0.2, 0.25) is 0 Å². The average Bonchev–Trinajstić information content (AvgIpc) is 2.75. The molecule has 1 aromatic heterocycles. The molecule has 0 saturated heterocycles. The molecule has 0 N–H and O–H groups in total. The van der Waals surface area contributed by atoms with Gasteiger partial charge in [-0.15, -0.1) is 0 Å². The third-order valence-corrected chi connectivity index (χ3v) is 5.90. The summed E-state index contributed by atoms with van der Waals surface area (Å²) in [5.74, 6) is 1.87. The van der Waals surface area contributed by atoms with Crippen LogP contribution in [0.2, 0.25) is 0 Å². The standard InChI is InChI=1S/C23H25Br2N3O3/c1-5-7-21-27-19-9-8-16(24)12-17(19)23(29)28(21)26-13-15-10-18(25)22(20(11-15)30-4)31-14(3)6-2/h8-14H,5-7H2,1-4H3/t14-/m1/s1. The van der Waals surface area contributed by atoms with Crippen LogP contribution in [-0.4, -0.2) is 29.1 Å². The summed E-state index contributed by atoms with van der Waals surface area (Å²) in [7, 11) is 1.60. The van der Waals surface area contributed by atoms with Gasteiger partial charge in [0, 0.05) is 10.9 Å². The van der Waals surface area contributed by atoms with Gasteiger partial charge in [-0.1, -0.05) is 29.8 Å². The predicted octanol–water partition coefficient (Wildman–Crippen LogP) is 5.94. The van der Waals surface area contributed by atoms with Crippen molar-refractivity contribution in [3.8, 4) is 11.5 Å². The first-order valence-electron chi connectivity index (χ1n) is 10.2. The summed E-state index contributed by atoms with van der Waals surface area (Å²) in [6.45, 7) is 6.12. The lowest BCUT2D eigenvalue weighted by Gasteiger charge is -2.17. The molecule has 1 atom stereocenters. The van der Waals surface area contributed by atoms with E-state index in [-0.39, 0.29) is 11.7 Å². The van der Waals surface area contributed by atoms with Crippen molar-refractivity contribution in [2.75, 3.05) is 7.11 Å². The molecule has 0 saturated carbocycles. The molecule has 0 aliphatic rings. The highest BCUT2D eigenvalue weighted by Crippen LogP contribution is 2.37. The van der Waals surface area contributed by atoms with E-state index >= 15 is 0 Å². The fraction of sp³-hybridized carbons (Fsp3) is 0.348. The molecule has 0 radical (unpaired) electrons. The number of methoxy groups -OCH3 is 1. The van der Waals surface area contributed by atoms with E-state index in [4.69, 9.17) is 9.47 Å². The fourth-order valence-corrected chi connectivity index (χ4v) is 3.95. The van der Waals surface area contributed by atoms with Gasteiger partial charge in [0.15, 0.2) is 11.5 Å². The third kappa shape index (κ3) is 5.36. The number of hydrogen-bond donors (Lipinski definition) is 0. The summed E-state index contributed by atoms with van der Waals surface area (Å²) < 4.78 is 14.5. The Morgan fingerprint density at radius 1 is 1.23 bits per heavy atom. The molecule has 0 aliphatic heterocycles. The number of aryl methyl sites for hydroxylation is 1. The summed E-state index contributed by atoms with van der Waals surface area (Å²) in [5, 5.41) is 5.00. The van der Waals surface area contributed by atoms with E-state index in [1.54, 1.807) is 19.4 Å². The Morgan fingerprint density at radius 2 is 2.00 bits per heavy atom. The van der Waals surface area contributed by atoms with Gasteiger partial charge < -0.3 is 9.47 Å². The fourth-order valence-electron chi connectivity index (χ4n) is 3.04. The number of aromatic nitrogens is 2. The SMILES string of the molecule is CCCc1nc2ccc(Br)cc2c(=O)n1N=Cc1cc(Br)c(O[C@H](C)CC)c(OC)c1. The zero-order valence-corrected chi connectivity index (χ0v) is 21.2. The maximum absolute atomic E-state index is 13.1. The molecule has 3 aromatic rings. The first-order valence-corrected chi connectivity index (χ1v) is 11.8. The Labute approximate surface area is 198 Å². The van der Waals surface area contributed by atoms with Gasteiger partial charge in [-0.2, -0.15) is 9.78 Å². The summed E-state index contributed by atoms with van der Waals surface area (Å²) in [6.07, 6.45) is 4.07. The van der Waals surface area contributed by atoms with Crippen LogP contribution in [0.5, 0.6) is 11.5 Å². The lowest BCUT2D eigenvalue weighted by atomic mass is 10.2. The van der Waals surface area contributed by atoms with Gasteiger partial charge in [0.1, 0.15) is 5.82 Å². The van der Waals surface area contributed by atoms with Crippen LogP contribution in [0.3, 0.4) is 0 Å². The maximum Gasteiger partial charge on any atom is 0.282 e. The molecule has 0 aliphatic carbocycles. The molecule has 0 amide bonds. The van der Waals surface area contributed by atoms with Crippen molar-refractivity contribution in [1.82, 2.24) is 9.66 Å². The third-order valence-electron chi connectivity index (χ3n) is 4.82. The van der Waals surface area contributed by atoms with E-state index in [0.29, 0.717) is 34.6 Å². The summed E-state index contributed by atoms with van der Waals surface area (Å²) >= 11 is 6.99. The van der Waals surface area contributed by atoms with Crippen LogP contribution in [0, 0.1) is 0 Å². The second kappa shape index (κ2) is 10.4. The van der Waals surface area contributed by atoms with Crippen LogP contribution in [0.25, 0.3) is 10.9 Å². The molecule has 164 valence electrons. The van der Waals surface area contributed by atoms with Crippen LogP contribution < -0.4 is 15.0 Å². The van der Waals surface area contributed by atoms with Crippen molar-refractivity contribution in [3.63, 3.8) is 0 Å². The Bertz CT molecular complexity index is 1170. The van der Waals surface area contributed by atoms with Gasteiger partial charge in [0.25, 0.3) is 5.56 Å². The van der Waals surface area contributed by atoms with Crippen molar-refractivity contribution in [2.45, 2.75) is 46.1 Å². The highest BCUT2D eigenvalue weighted by atomic mass is 79.9. The van der Waals surface area contributed by atoms with Crippen LogP contribution in [0.4, 0.5) is 0 Å². The molecule has 8 heteroatoms. The van der Waals surface area contributed by atoms with E-state index in [1.165, 1.54) is 4.68 Å². The molecule has 31 heavy (non-hydrogen) atoms. The molecule has 2 aromatic carbocycles. The van der Waals surface area contributed by atoms with E-state index in [0.717, 1.165) is 27.4 Å². The molecule has 0 fully saturated rings. The maximum atomic E-state index is 13.1. The quantitative estimate of drug-likeness (QED) is 0.325. The van der Waals surface area contributed by atoms with Crippen LogP contribution >= 0.6 is 31.9 Å². The van der Waals surface area contributed by atoms with Gasteiger partial charge >= 0.3 is 0 Å². The second-order valence-corrected chi connectivity index (χ2v) is 8.94. The number of halogens is 2. The topological polar surface area (TPSA) is 65.7 Å². The molecule has 6 nitrogen and oxygen atoms in total. The first-order chi connectivity index (χ1) is 14.9. The van der Waals surface area contributed by atoms with Crippen LogP contribution in [-0.2, 0) is 6.42 Å². The number of hydrogen-bond acceptors (Lipinski definition) is 5. The van der Waals surface area contributed by atoms with E-state index in [1.807, 2.05) is 38.1 Å². The van der Waals surface area contributed by atoms with Crippen molar-refractivity contribution >= 4 is 49.0 Å². The Morgan fingerprint density at radius 3 is 2.68 bits per heavy atom. The number of fused-ring (bicyclic) bond motifs is 1. The lowest BCUT2D eigenvalue weighted by Crippen LogP contribution is -2.22. The van der Waals surface area contributed by atoms with E-state index < -0.39 is 0 Å². The highest BCUT2D eigenvalue weighted by molar-refractivity contribution is 9.10. The average molecular weight is 551 g/mol. The first kappa shape index (κ1) is 23.5. The number of benzene rings is 2. The molecule has 0 unspecified atom stereocenters. The zero-order chi connectivity index (χ0) is 22.5. The second-order valence-electron chi connectivity index (χ2n) is 7.17. The Kier molecular flexibility index (Phi) is 7.89. The molecule has 3 rings (SSSR count). The highest BCUT2D eigenvalue weighted by Gasteiger charge is 2.14. The molecule has 1 heterocycles. The van der Waals surface area contributed by atoms with E-state index in [9.17, 15) is 4.79 Å². The normalized spacial score (nSPS) is 12.5. The van der Waals surface area contributed by atoms with Gasteiger partial charge in [0.05, 0.1) is 34.8 Å². The molecular formula is C23H25Br2N3O3. The summed E-state index contributed by atoms with van der Waals surface area (Å²) in [5.41, 5.74) is 1.23. The van der Waals surface area contributed by atoms with Crippen LogP contribution in [0.1, 0.15) is 45.0 Å². The summed E-state index contributed by atoms with van der Waals surface area (Å²) in [4.78, 5) is 17.8. The van der Waals surface area contributed by atoms with Gasteiger partial charge in [-0.3, -0.25) is 4.79 Å². The minimum absolute atomic E-state index is 0.0582. The molecular weight excluding hydrogens is 526 g/mol. The minimum Gasteiger partial charge on any atom is -0.493 e. The molecule has 0 bridgehead atoms. The van der Waals surface area contributed by atoms with Crippen LogP contribution in [0.15, 0.2) is 49.2 Å². The smallest absolute Gasteiger partial charge is 0.282 e. The largest absolute Gasteiger partial charge is 0.493 e. The molecule has 0 spiro atoms. The number of nitrogens with zero attached hydrogens (tertiary/aromatic N) is 3. The summed E-state index contributed by atoms with van der Waals surface area (Å²) in [6, 6.07) is 9.21. The predicted molar refractivity (Wildman–Crippen MR) is 132 cm³/mol. The van der Waals surface area contributed by atoms with Crippen molar-refractivity contribution in [3.05, 3.63) is 61.0 Å². The van der Waals surface area contributed by atoms with Crippen molar-refractivity contribution in [1.29, 1.82) is 0 Å².